The van der Waals surface area contributed by atoms with Crippen LogP contribution in [0.3, 0.4) is 0 Å². The summed E-state index contributed by atoms with van der Waals surface area (Å²) in [6.45, 7) is 6.86. The molecule has 0 saturated heterocycles. The Kier molecular flexibility index (Phi) is 4.56. The highest BCUT2D eigenvalue weighted by Crippen LogP contribution is 2.67. The molecule has 7 atom stereocenters. The maximum Gasteiger partial charge on any atom is 0.331 e. The van der Waals surface area contributed by atoms with Gasteiger partial charge in [-0.15, -0.1) is 0 Å². The average molecular weight is 423 g/mol. The van der Waals surface area contributed by atoms with Crippen molar-refractivity contribution in [2.75, 3.05) is 6.61 Å². The molecule has 2 saturated carbocycles. The van der Waals surface area contributed by atoms with Gasteiger partial charge >= 0.3 is 11.9 Å². The molecule has 0 radical (unpaired) electrons. The molecule has 7 heteroatoms. The Hall–Kier alpha value is -1.66. The van der Waals surface area contributed by atoms with E-state index >= 15 is 0 Å². The minimum atomic E-state index is -1.24. The largest absolute Gasteiger partial charge is 0.462 e. The van der Waals surface area contributed by atoms with Gasteiger partial charge in [-0.05, 0) is 43.6 Å². The second-order valence-electron chi connectivity index (χ2n) is 9.51. The number of aliphatic hydroxyl groups excluding tert-OH is 1. The van der Waals surface area contributed by atoms with Crippen molar-refractivity contribution >= 4 is 29.3 Å². The quantitative estimate of drug-likeness (QED) is 0.688. The van der Waals surface area contributed by atoms with Gasteiger partial charge in [0.25, 0.3) is 0 Å². The van der Waals surface area contributed by atoms with E-state index in [1.54, 1.807) is 0 Å². The second-order valence-corrected chi connectivity index (χ2v) is 9.92. The molecule has 0 aromatic heterocycles. The fourth-order valence-electron chi connectivity index (χ4n) is 6.90. The molecule has 158 valence electrons. The number of esters is 2. The second kappa shape index (κ2) is 6.42. The first kappa shape index (κ1) is 20.6. The number of Topliss-reactive ketones (excluding diaryl/α,β-unsaturated/α-hetero) is 1. The molecule has 4 aliphatic rings. The van der Waals surface area contributed by atoms with Crippen LogP contribution in [0.15, 0.2) is 22.8 Å². The third-order valence-electron chi connectivity index (χ3n) is 8.09. The SMILES string of the molecule is CC(=O)O[C@]1(C(C)=O)CC[C@H]2[C@@H]3C=C(Cl)C4=CC(=O)OC[C@]4(C)[C@H]3[C@@H](O)C[C@@]21C. The van der Waals surface area contributed by atoms with Gasteiger partial charge in [0, 0.05) is 34.8 Å². The summed E-state index contributed by atoms with van der Waals surface area (Å²) in [6.07, 6.45) is 4.03. The first-order valence-electron chi connectivity index (χ1n) is 10.1. The predicted octanol–water partition coefficient (Wildman–Crippen LogP) is 2.92. The van der Waals surface area contributed by atoms with Crippen LogP contribution in [0.4, 0.5) is 0 Å². The maximum absolute atomic E-state index is 12.8. The number of cyclic esters (lactones) is 1. The Morgan fingerprint density at radius 1 is 1.31 bits per heavy atom. The summed E-state index contributed by atoms with van der Waals surface area (Å²) in [5.74, 6) is -1.43. The van der Waals surface area contributed by atoms with Gasteiger partial charge in [-0.3, -0.25) is 9.59 Å². The van der Waals surface area contributed by atoms with Crippen molar-refractivity contribution in [3.8, 4) is 0 Å². The molecule has 1 aliphatic heterocycles. The first-order valence-corrected chi connectivity index (χ1v) is 10.5. The highest BCUT2D eigenvalue weighted by Gasteiger charge is 2.69. The molecule has 1 N–H and O–H groups in total. The third-order valence-corrected chi connectivity index (χ3v) is 8.42. The van der Waals surface area contributed by atoms with Crippen LogP contribution in [-0.2, 0) is 23.9 Å². The Balaban J connectivity index is 1.84. The van der Waals surface area contributed by atoms with E-state index in [1.165, 1.54) is 19.9 Å². The summed E-state index contributed by atoms with van der Waals surface area (Å²) >= 11 is 6.62. The van der Waals surface area contributed by atoms with Gasteiger partial charge in [0.15, 0.2) is 11.4 Å². The van der Waals surface area contributed by atoms with Gasteiger partial charge in [-0.25, -0.2) is 4.79 Å². The zero-order valence-corrected chi connectivity index (χ0v) is 17.9. The van der Waals surface area contributed by atoms with Crippen molar-refractivity contribution in [2.24, 2.45) is 28.6 Å². The molecule has 0 spiro atoms. The molecule has 3 aliphatic carbocycles. The van der Waals surface area contributed by atoms with E-state index < -0.39 is 34.5 Å². The van der Waals surface area contributed by atoms with Crippen LogP contribution in [0.5, 0.6) is 0 Å². The molecule has 6 nitrogen and oxygen atoms in total. The van der Waals surface area contributed by atoms with Crippen LogP contribution in [0.2, 0.25) is 0 Å². The molecule has 29 heavy (non-hydrogen) atoms. The number of fused-ring (bicyclic) bond motifs is 5. The lowest BCUT2D eigenvalue weighted by Crippen LogP contribution is -2.62. The number of carbonyl (C=O) groups is 3. The van der Waals surface area contributed by atoms with Crippen LogP contribution < -0.4 is 0 Å². The number of hydrogen-bond donors (Lipinski definition) is 1. The normalized spacial score (nSPS) is 45.8. The van der Waals surface area contributed by atoms with Crippen molar-refractivity contribution in [1.82, 2.24) is 0 Å². The number of halogens is 1. The predicted molar refractivity (Wildman–Crippen MR) is 105 cm³/mol. The van der Waals surface area contributed by atoms with Crippen LogP contribution in [0.25, 0.3) is 0 Å². The van der Waals surface area contributed by atoms with Crippen molar-refractivity contribution < 1.29 is 29.0 Å². The summed E-state index contributed by atoms with van der Waals surface area (Å²) in [7, 11) is 0. The maximum atomic E-state index is 12.8. The average Bonchev–Trinajstić information content (AvgIpc) is 2.89. The number of ketones is 1. The monoisotopic (exact) mass is 422 g/mol. The highest BCUT2D eigenvalue weighted by atomic mass is 35.5. The molecule has 4 rings (SSSR count). The number of rotatable bonds is 2. The number of carbonyl (C=O) groups excluding carboxylic acids is 3. The smallest absolute Gasteiger partial charge is 0.331 e. The molecule has 1 heterocycles. The minimum absolute atomic E-state index is 0.00361. The standard InChI is InChI=1S/C22H27ClO6/c1-11(24)22(29-12(2)25)6-5-14-13-7-16(23)15-8-18(27)28-10-20(15,3)19(13)17(26)9-21(14,22)4/h7-8,13-14,17,19,26H,5-6,9-10H2,1-4H3/t13-,14-,17-,19+,20-,21-,22-/m0/s1. The van der Waals surface area contributed by atoms with Crippen LogP contribution in [0.1, 0.15) is 47.0 Å². The molecule has 0 unspecified atom stereocenters. The summed E-state index contributed by atoms with van der Waals surface area (Å²) in [4.78, 5) is 36.5. The number of hydrogen-bond acceptors (Lipinski definition) is 6. The Morgan fingerprint density at radius 3 is 2.62 bits per heavy atom. The summed E-state index contributed by atoms with van der Waals surface area (Å²) in [6, 6.07) is 0. The van der Waals surface area contributed by atoms with E-state index in [2.05, 4.69) is 0 Å². The summed E-state index contributed by atoms with van der Waals surface area (Å²) < 4.78 is 11.0. The highest BCUT2D eigenvalue weighted by molar-refractivity contribution is 6.32. The fraction of sp³-hybridized carbons (Fsp3) is 0.682. The van der Waals surface area contributed by atoms with E-state index in [1.807, 2.05) is 19.9 Å². The summed E-state index contributed by atoms with van der Waals surface area (Å²) in [5.41, 5.74) is -1.85. The van der Waals surface area contributed by atoms with Gasteiger partial charge in [-0.1, -0.05) is 31.5 Å². The van der Waals surface area contributed by atoms with E-state index in [-0.39, 0.29) is 30.1 Å². The van der Waals surface area contributed by atoms with Gasteiger partial charge in [0.05, 0.1) is 6.10 Å². The minimum Gasteiger partial charge on any atom is -0.462 e. The lowest BCUT2D eigenvalue weighted by molar-refractivity contribution is -0.195. The Labute approximate surface area is 175 Å². The van der Waals surface area contributed by atoms with Crippen molar-refractivity contribution in [3.63, 3.8) is 0 Å². The number of aliphatic hydroxyl groups is 1. The molecule has 0 bridgehead atoms. The van der Waals surface area contributed by atoms with Gasteiger partial charge in [-0.2, -0.15) is 0 Å². The fourth-order valence-corrected chi connectivity index (χ4v) is 7.31. The molecular weight excluding hydrogens is 396 g/mol. The topological polar surface area (TPSA) is 89.9 Å². The van der Waals surface area contributed by atoms with Crippen LogP contribution in [0, 0.1) is 28.6 Å². The van der Waals surface area contributed by atoms with Crippen LogP contribution >= 0.6 is 11.6 Å². The zero-order valence-electron chi connectivity index (χ0n) is 17.2. The van der Waals surface area contributed by atoms with E-state index in [0.717, 1.165) is 0 Å². The van der Waals surface area contributed by atoms with Gasteiger partial charge in [0.1, 0.15) is 6.61 Å². The molecule has 0 amide bonds. The molecule has 0 aromatic rings. The lowest BCUT2D eigenvalue weighted by Gasteiger charge is -2.58. The molecule has 2 fully saturated rings. The first-order chi connectivity index (χ1) is 13.5. The zero-order chi connectivity index (χ0) is 21.4. The van der Waals surface area contributed by atoms with Crippen molar-refractivity contribution in [2.45, 2.75) is 58.7 Å². The van der Waals surface area contributed by atoms with Gasteiger partial charge < -0.3 is 14.6 Å². The molecular formula is C22H27ClO6. The summed E-state index contributed by atoms with van der Waals surface area (Å²) in [5, 5.41) is 11.8. The Bertz CT molecular complexity index is 861. The lowest BCUT2D eigenvalue weighted by atomic mass is 9.48. The number of ether oxygens (including phenoxy) is 2. The van der Waals surface area contributed by atoms with Crippen molar-refractivity contribution in [1.29, 1.82) is 0 Å². The van der Waals surface area contributed by atoms with E-state index in [4.69, 9.17) is 21.1 Å². The third kappa shape index (κ3) is 2.61. The number of allylic oxidation sites excluding steroid dienone is 2. The van der Waals surface area contributed by atoms with Crippen LogP contribution in [-0.4, -0.2) is 41.1 Å². The van der Waals surface area contributed by atoms with E-state index in [9.17, 15) is 19.5 Å². The van der Waals surface area contributed by atoms with Gasteiger partial charge in [0.2, 0.25) is 0 Å². The van der Waals surface area contributed by atoms with E-state index in [0.29, 0.717) is 29.9 Å². The van der Waals surface area contributed by atoms with Crippen molar-refractivity contribution in [3.05, 3.63) is 22.8 Å². The Morgan fingerprint density at radius 2 is 2.00 bits per heavy atom. The molecule has 0 aromatic carbocycles.